The highest BCUT2D eigenvalue weighted by Gasteiger charge is 2.08. The van der Waals surface area contributed by atoms with Crippen LogP contribution in [0.4, 0.5) is 5.69 Å². The number of hydrogen-bond acceptors (Lipinski definition) is 4. The molecule has 0 radical (unpaired) electrons. The third-order valence-corrected chi connectivity index (χ3v) is 4.12. The molecule has 0 aromatic heterocycles. The van der Waals surface area contributed by atoms with Crippen LogP contribution in [0.25, 0.3) is 10.8 Å². The minimum atomic E-state index is -0.334. The Morgan fingerprint density at radius 1 is 0.966 bits per heavy atom. The van der Waals surface area contributed by atoms with E-state index in [-0.39, 0.29) is 17.9 Å². The number of hydrazone groups is 1. The molecule has 148 valence electrons. The van der Waals surface area contributed by atoms with Gasteiger partial charge in [-0.1, -0.05) is 24.3 Å². The number of rotatable bonds is 6. The summed E-state index contributed by atoms with van der Waals surface area (Å²) in [6.45, 7) is 5.41. The maximum atomic E-state index is 12.3. The van der Waals surface area contributed by atoms with E-state index in [0.29, 0.717) is 11.3 Å². The first-order chi connectivity index (χ1) is 13.9. The lowest BCUT2D eigenvalue weighted by Crippen LogP contribution is -2.17. The summed E-state index contributed by atoms with van der Waals surface area (Å²) in [6.07, 6.45) is 1.69. The van der Waals surface area contributed by atoms with E-state index in [2.05, 4.69) is 15.8 Å². The third-order valence-electron chi connectivity index (χ3n) is 4.12. The van der Waals surface area contributed by atoms with Crippen molar-refractivity contribution < 1.29 is 14.3 Å². The van der Waals surface area contributed by atoms with Crippen molar-refractivity contribution in [1.29, 1.82) is 0 Å². The molecule has 0 aliphatic heterocycles. The third kappa shape index (κ3) is 5.19. The summed E-state index contributed by atoms with van der Waals surface area (Å²) in [5.41, 5.74) is 4.48. The smallest absolute Gasteiger partial charge is 0.271 e. The summed E-state index contributed by atoms with van der Waals surface area (Å²) in [6, 6.07) is 18.3. The Morgan fingerprint density at radius 2 is 1.66 bits per heavy atom. The Bertz CT molecular complexity index is 1060. The number of benzene rings is 3. The highest BCUT2D eigenvalue weighted by molar-refractivity contribution is 6.03. The molecule has 0 atom stereocenters. The van der Waals surface area contributed by atoms with Crippen molar-refractivity contribution in [2.45, 2.75) is 26.9 Å². The maximum Gasteiger partial charge on any atom is 0.271 e. The van der Waals surface area contributed by atoms with Gasteiger partial charge in [-0.25, -0.2) is 5.43 Å². The van der Waals surface area contributed by atoms with E-state index in [1.807, 2.05) is 50.2 Å². The van der Waals surface area contributed by atoms with E-state index in [1.165, 1.54) is 6.92 Å². The van der Waals surface area contributed by atoms with Crippen molar-refractivity contribution in [2.75, 3.05) is 5.32 Å². The molecule has 0 aliphatic carbocycles. The fourth-order valence-electron chi connectivity index (χ4n) is 2.90. The quantitative estimate of drug-likeness (QED) is 0.486. The molecule has 0 saturated carbocycles. The van der Waals surface area contributed by atoms with Crippen molar-refractivity contribution in [1.82, 2.24) is 5.43 Å². The Hall–Kier alpha value is -3.67. The average Bonchev–Trinajstić information content (AvgIpc) is 2.69. The van der Waals surface area contributed by atoms with Crippen LogP contribution in [0.5, 0.6) is 5.75 Å². The fourth-order valence-corrected chi connectivity index (χ4v) is 2.90. The van der Waals surface area contributed by atoms with Crippen LogP contribution in [0.3, 0.4) is 0 Å². The predicted molar refractivity (Wildman–Crippen MR) is 116 cm³/mol. The van der Waals surface area contributed by atoms with Crippen molar-refractivity contribution in [3.05, 3.63) is 71.8 Å². The topological polar surface area (TPSA) is 79.8 Å². The van der Waals surface area contributed by atoms with Gasteiger partial charge in [0.2, 0.25) is 5.91 Å². The Morgan fingerprint density at radius 3 is 2.31 bits per heavy atom. The first kappa shape index (κ1) is 20.1. The van der Waals surface area contributed by atoms with Crippen LogP contribution in [0.2, 0.25) is 0 Å². The molecule has 2 N–H and O–H groups in total. The van der Waals surface area contributed by atoms with Gasteiger partial charge >= 0.3 is 0 Å². The number of carbonyl (C=O) groups is 2. The molecule has 0 saturated heterocycles. The summed E-state index contributed by atoms with van der Waals surface area (Å²) in [7, 11) is 0. The van der Waals surface area contributed by atoms with Gasteiger partial charge in [-0.2, -0.15) is 5.10 Å². The number of hydrogen-bond donors (Lipinski definition) is 2. The van der Waals surface area contributed by atoms with Crippen LogP contribution in [0, 0.1) is 0 Å². The molecule has 3 aromatic carbocycles. The summed E-state index contributed by atoms with van der Waals surface area (Å²) in [4.78, 5) is 23.3. The maximum absolute atomic E-state index is 12.3. The molecule has 29 heavy (non-hydrogen) atoms. The minimum absolute atomic E-state index is 0.0780. The Labute approximate surface area is 169 Å². The molecule has 0 spiro atoms. The number of fused-ring (bicyclic) bond motifs is 1. The molecule has 0 heterocycles. The average molecular weight is 389 g/mol. The van der Waals surface area contributed by atoms with Gasteiger partial charge in [-0.05, 0) is 55.6 Å². The number of amides is 2. The Balaban J connectivity index is 1.74. The summed E-state index contributed by atoms with van der Waals surface area (Å²) in [5.74, 6) is 0.319. The van der Waals surface area contributed by atoms with Gasteiger partial charge in [0.1, 0.15) is 5.75 Å². The summed E-state index contributed by atoms with van der Waals surface area (Å²) >= 11 is 0. The van der Waals surface area contributed by atoms with E-state index in [4.69, 9.17) is 4.74 Å². The van der Waals surface area contributed by atoms with Crippen LogP contribution in [-0.2, 0) is 4.79 Å². The van der Waals surface area contributed by atoms with Crippen LogP contribution in [-0.4, -0.2) is 24.1 Å². The first-order valence-electron chi connectivity index (χ1n) is 9.33. The highest BCUT2D eigenvalue weighted by atomic mass is 16.5. The monoisotopic (exact) mass is 389 g/mol. The highest BCUT2D eigenvalue weighted by Crippen LogP contribution is 2.28. The largest absolute Gasteiger partial charge is 0.490 e. The van der Waals surface area contributed by atoms with Crippen LogP contribution >= 0.6 is 0 Å². The SMILES string of the molecule is CC(=O)Nc1ccc(C(=O)NN=Cc2ccc(OC(C)C)c3ccccc23)cc1. The number of ether oxygens (including phenoxy) is 1. The molecule has 0 aliphatic rings. The number of nitrogens with one attached hydrogen (secondary N) is 2. The molecular formula is C23H23N3O3. The number of nitrogens with zero attached hydrogens (tertiary/aromatic N) is 1. The van der Waals surface area contributed by atoms with Crippen molar-refractivity contribution in [3.8, 4) is 5.75 Å². The molecule has 6 nitrogen and oxygen atoms in total. The zero-order valence-electron chi connectivity index (χ0n) is 16.6. The van der Waals surface area contributed by atoms with Gasteiger partial charge in [0.25, 0.3) is 5.91 Å². The van der Waals surface area contributed by atoms with E-state index < -0.39 is 0 Å². The van der Waals surface area contributed by atoms with E-state index in [1.54, 1.807) is 30.5 Å². The van der Waals surface area contributed by atoms with E-state index in [9.17, 15) is 9.59 Å². The molecule has 0 unspecified atom stereocenters. The van der Waals surface area contributed by atoms with Crippen molar-refractivity contribution in [2.24, 2.45) is 5.10 Å². The lowest BCUT2D eigenvalue weighted by molar-refractivity contribution is -0.114. The predicted octanol–water partition coefficient (Wildman–Crippen LogP) is 4.35. The molecule has 2 amide bonds. The second-order valence-electron chi connectivity index (χ2n) is 6.82. The molecule has 6 heteroatoms. The minimum Gasteiger partial charge on any atom is -0.490 e. The standard InChI is InChI=1S/C23H23N3O3/c1-15(2)29-22-13-10-18(20-6-4-5-7-21(20)22)14-24-26-23(28)17-8-11-19(12-9-17)25-16(3)27/h4-15H,1-3H3,(H,25,27)(H,26,28). The van der Waals surface area contributed by atoms with Gasteiger partial charge in [0, 0.05) is 29.1 Å². The van der Waals surface area contributed by atoms with E-state index >= 15 is 0 Å². The lowest BCUT2D eigenvalue weighted by Gasteiger charge is -2.13. The van der Waals surface area contributed by atoms with Crippen LogP contribution < -0.4 is 15.5 Å². The first-order valence-corrected chi connectivity index (χ1v) is 9.33. The summed E-state index contributed by atoms with van der Waals surface area (Å²) in [5, 5.41) is 8.73. The molecule has 3 aromatic rings. The van der Waals surface area contributed by atoms with Gasteiger partial charge < -0.3 is 10.1 Å². The van der Waals surface area contributed by atoms with Gasteiger partial charge in [-0.15, -0.1) is 0 Å². The Kier molecular flexibility index (Phi) is 6.24. The van der Waals surface area contributed by atoms with Gasteiger partial charge in [-0.3, -0.25) is 9.59 Å². The number of anilines is 1. The van der Waals surface area contributed by atoms with E-state index in [0.717, 1.165) is 22.1 Å². The molecular weight excluding hydrogens is 366 g/mol. The normalized spacial score (nSPS) is 11.0. The zero-order chi connectivity index (χ0) is 20.8. The van der Waals surface area contributed by atoms with Crippen molar-refractivity contribution >= 4 is 34.5 Å². The molecule has 3 rings (SSSR count). The lowest BCUT2D eigenvalue weighted by atomic mass is 10.0. The van der Waals surface area contributed by atoms with Crippen molar-refractivity contribution in [3.63, 3.8) is 0 Å². The second-order valence-corrected chi connectivity index (χ2v) is 6.82. The molecule has 0 fully saturated rings. The van der Waals surface area contributed by atoms with Gasteiger partial charge in [0.05, 0.1) is 12.3 Å². The number of carbonyl (C=O) groups excluding carboxylic acids is 2. The van der Waals surface area contributed by atoms with Crippen LogP contribution in [0.1, 0.15) is 36.7 Å². The van der Waals surface area contributed by atoms with Crippen LogP contribution in [0.15, 0.2) is 65.8 Å². The fraction of sp³-hybridized carbons (Fsp3) is 0.174. The zero-order valence-corrected chi connectivity index (χ0v) is 16.6. The summed E-state index contributed by atoms with van der Waals surface area (Å²) < 4.78 is 5.88. The second kappa shape index (κ2) is 9.01. The van der Waals surface area contributed by atoms with Gasteiger partial charge in [0.15, 0.2) is 0 Å². The molecule has 0 bridgehead atoms.